The van der Waals surface area contributed by atoms with Crippen LogP contribution in [0.25, 0.3) is 0 Å². The Hall–Kier alpha value is -2.28. The molecule has 0 unspecified atom stereocenters. The third kappa shape index (κ3) is 7.17. The van der Waals surface area contributed by atoms with Crippen molar-refractivity contribution >= 4 is 29.4 Å². The summed E-state index contributed by atoms with van der Waals surface area (Å²) in [4.78, 5) is 33.4. The molecule has 2 N–H and O–H groups in total. The molecule has 0 aliphatic rings. The smallest absolute Gasteiger partial charge is 0.306 e. The van der Waals surface area contributed by atoms with Crippen LogP contribution in [0.15, 0.2) is 24.3 Å². The van der Waals surface area contributed by atoms with Gasteiger partial charge >= 0.3 is 5.97 Å². The Morgan fingerprint density at radius 2 is 1.62 bits per heavy atom. The second-order valence-electron chi connectivity index (χ2n) is 3.85. The molecule has 0 heterocycles. The van der Waals surface area contributed by atoms with Gasteiger partial charge in [-0.2, -0.15) is 0 Å². The molecular formula is C13H15ClN2O5. The van der Waals surface area contributed by atoms with Gasteiger partial charge in [-0.25, -0.2) is 0 Å². The highest BCUT2D eigenvalue weighted by Gasteiger charge is 2.07. The first-order chi connectivity index (χ1) is 10.0. The number of amides is 2. The molecule has 0 atom stereocenters. The molecule has 0 aliphatic heterocycles. The maximum absolute atomic E-state index is 11.4. The van der Waals surface area contributed by atoms with Crippen molar-refractivity contribution in [2.24, 2.45) is 0 Å². The lowest BCUT2D eigenvalue weighted by Crippen LogP contribution is -2.45. The van der Waals surface area contributed by atoms with Gasteiger partial charge in [0.2, 0.25) is 0 Å². The van der Waals surface area contributed by atoms with E-state index in [1.54, 1.807) is 31.2 Å². The van der Waals surface area contributed by atoms with Crippen LogP contribution < -0.4 is 15.6 Å². The van der Waals surface area contributed by atoms with E-state index in [0.29, 0.717) is 10.8 Å². The van der Waals surface area contributed by atoms with E-state index in [4.69, 9.17) is 16.3 Å². The Labute approximate surface area is 126 Å². The van der Waals surface area contributed by atoms with Crippen molar-refractivity contribution < 1.29 is 23.9 Å². The number of benzene rings is 1. The van der Waals surface area contributed by atoms with E-state index in [1.165, 1.54) is 0 Å². The highest BCUT2D eigenvalue weighted by molar-refractivity contribution is 6.30. The molecule has 0 fully saturated rings. The van der Waals surface area contributed by atoms with Crippen molar-refractivity contribution in [2.75, 3.05) is 13.2 Å². The third-order valence-electron chi connectivity index (χ3n) is 2.18. The summed E-state index contributed by atoms with van der Waals surface area (Å²) in [6.07, 6.45) is 0.175. The van der Waals surface area contributed by atoms with Crippen LogP contribution in [0.1, 0.15) is 13.3 Å². The SMILES string of the molecule is CCC(=O)OCC(=O)NNC(=O)COc1ccc(Cl)cc1. The second kappa shape index (κ2) is 8.80. The summed E-state index contributed by atoms with van der Waals surface area (Å²) in [5, 5.41) is 0.556. The zero-order valence-electron chi connectivity index (χ0n) is 11.3. The van der Waals surface area contributed by atoms with E-state index in [1.807, 2.05) is 0 Å². The molecule has 7 nitrogen and oxygen atoms in total. The Balaban J connectivity index is 2.20. The third-order valence-corrected chi connectivity index (χ3v) is 2.43. The zero-order chi connectivity index (χ0) is 15.7. The summed E-state index contributed by atoms with van der Waals surface area (Å²) in [7, 11) is 0. The number of hydrogen-bond acceptors (Lipinski definition) is 5. The largest absolute Gasteiger partial charge is 0.484 e. The molecule has 8 heteroatoms. The molecule has 0 radical (unpaired) electrons. The van der Waals surface area contributed by atoms with Gasteiger partial charge in [0, 0.05) is 11.4 Å². The number of halogens is 1. The number of esters is 1. The fraction of sp³-hybridized carbons (Fsp3) is 0.308. The van der Waals surface area contributed by atoms with E-state index in [0.717, 1.165) is 0 Å². The standard InChI is InChI=1S/C13H15ClN2O5/c1-2-13(19)21-8-12(18)16-15-11(17)7-20-10-5-3-9(14)4-6-10/h3-6H,2,7-8H2,1H3,(H,15,17)(H,16,18). The number of nitrogens with one attached hydrogen (secondary N) is 2. The second-order valence-corrected chi connectivity index (χ2v) is 4.29. The molecule has 21 heavy (non-hydrogen) atoms. The minimum Gasteiger partial charge on any atom is -0.484 e. The molecule has 1 rings (SSSR count). The average Bonchev–Trinajstić information content (AvgIpc) is 2.49. The molecule has 0 saturated carbocycles. The minimum absolute atomic E-state index is 0.175. The van der Waals surface area contributed by atoms with E-state index >= 15 is 0 Å². The quantitative estimate of drug-likeness (QED) is 0.599. The average molecular weight is 315 g/mol. The Kier molecular flexibility index (Phi) is 7.03. The van der Waals surface area contributed by atoms with Crippen LogP contribution in [-0.2, 0) is 19.1 Å². The molecule has 2 amide bonds. The van der Waals surface area contributed by atoms with Crippen molar-refractivity contribution in [1.29, 1.82) is 0 Å². The van der Waals surface area contributed by atoms with Gasteiger partial charge in [0.25, 0.3) is 11.8 Å². The van der Waals surface area contributed by atoms with Gasteiger partial charge in [0.1, 0.15) is 5.75 Å². The lowest BCUT2D eigenvalue weighted by molar-refractivity contribution is -0.148. The maximum Gasteiger partial charge on any atom is 0.306 e. The predicted molar refractivity (Wildman–Crippen MR) is 74.5 cm³/mol. The van der Waals surface area contributed by atoms with Gasteiger partial charge in [0.15, 0.2) is 13.2 Å². The van der Waals surface area contributed by atoms with Crippen molar-refractivity contribution in [3.63, 3.8) is 0 Å². The van der Waals surface area contributed by atoms with E-state index in [2.05, 4.69) is 15.6 Å². The van der Waals surface area contributed by atoms with Crippen molar-refractivity contribution in [1.82, 2.24) is 10.9 Å². The fourth-order valence-electron chi connectivity index (χ4n) is 1.14. The molecule has 0 spiro atoms. The van der Waals surface area contributed by atoms with Gasteiger partial charge in [-0.15, -0.1) is 0 Å². The zero-order valence-corrected chi connectivity index (χ0v) is 12.1. The summed E-state index contributed by atoms with van der Waals surface area (Å²) >= 11 is 5.70. The summed E-state index contributed by atoms with van der Waals surface area (Å²) in [5.41, 5.74) is 4.22. The number of carbonyl (C=O) groups is 3. The first-order valence-electron chi connectivity index (χ1n) is 6.13. The first kappa shape index (κ1) is 16.8. The van der Waals surface area contributed by atoms with Crippen LogP contribution in [0.4, 0.5) is 0 Å². The Morgan fingerprint density at radius 1 is 1.05 bits per heavy atom. The Morgan fingerprint density at radius 3 is 2.19 bits per heavy atom. The lowest BCUT2D eigenvalue weighted by atomic mass is 10.3. The molecule has 114 valence electrons. The highest BCUT2D eigenvalue weighted by atomic mass is 35.5. The summed E-state index contributed by atoms with van der Waals surface area (Å²) in [6, 6.07) is 6.47. The monoisotopic (exact) mass is 314 g/mol. The van der Waals surface area contributed by atoms with Crippen LogP contribution in [0.2, 0.25) is 5.02 Å². The molecular weight excluding hydrogens is 300 g/mol. The number of ether oxygens (including phenoxy) is 2. The van der Waals surface area contributed by atoms with Gasteiger partial charge in [-0.1, -0.05) is 18.5 Å². The lowest BCUT2D eigenvalue weighted by Gasteiger charge is -2.09. The van der Waals surface area contributed by atoms with Crippen molar-refractivity contribution in [2.45, 2.75) is 13.3 Å². The van der Waals surface area contributed by atoms with E-state index < -0.39 is 24.4 Å². The molecule has 0 saturated heterocycles. The predicted octanol–water partition coefficient (Wildman–Crippen LogP) is 0.819. The van der Waals surface area contributed by atoms with Crippen molar-refractivity contribution in [3.05, 3.63) is 29.3 Å². The van der Waals surface area contributed by atoms with Crippen LogP contribution in [0, 0.1) is 0 Å². The van der Waals surface area contributed by atoms with Crippen LogP contribution in [0.3, 0.4) is 0 Å². The maximum atomic E-state index is 11.4. The van der Waals surface area contributed by atoms with Crippen molar-refractivity contribution in [3.8, 4) is 5.75 Å². The first-order valence-corrected chi connectivity index (χ1v) is 6.50. The molecule has 0 aromatic heterocycles. The number of hydrogen-bond donors (Lipinski definition) is 2. The Bertz CT molecular complexity index is 504. The van der Waals surface area contributed by atoms with Gasteiger partial charge in [-0.05, 0) is 24.3 Å². The highest BCUT2D eigenvalue weighted by Crippen LogP contribution is 2.15. The molecule has 0 bridgehead atoms. The minimum atomic E-state index is -0.642. The summed E-state index contributed by atoms with van der Waals surface area (Å²) < 4.78 is 9.74. The van der Waals surface area contributed by atoms with Crippen LogP contribution >= 0.6 is 11.6 Å². The molecule has 1 aromatic rings. The summed E-state index contributed by atoms with van der Waals surface area (Å²) in [6.45, 7) is 0.873. The van der Waals surface area contributed by atoms with E-state index in [-0.39, 0.29) is 13.0 Å². The molecule has 1 aromatic carbocycles. The summed E-state index contributed by atoms with van der Waals surface area (Å²) in [5.74, 6) is -1.22. The van der Waals surface area contributed by atoms with Gasteiger partial charge in [-0.3, -0.25) is 25.2 Å². The molecule has 0 aliphatic carbocycles. The van der Waals surface area contributed by atoms with Crippen LogP contribution in [0.5, 0.6) is 5.75 Å². The fourth-order valence-corrected chi connectivity index (χ4v) is 1.27. The van der Waals surface area contributed by atoms with Gasteiger partial charge < -0.3 is 9.47 Å². The van der Waals surface area contributed by atoms with Gasteiger partial charge in [0.05, 0.1) is 0 Å². The normalized spacial score (nSPS) is 9.62. The van der Waals surface area contributed by atoms with Crippen LogP contribution in [-0.4, -0.2) is 31.0 Å². The number of carbonyl (C=O) groups excluding carboxylic acids is 3. The topological polar surface area (TPSA) is 93.7 Å². The van der Waals surface area contributed by atoms with E-state index in [9.17, 15) is 14.4 Å². The number of hydrazine groups is 1. The number of rotatable bonds is 6.